The first-order valence-corrected chi connectivity index (χ1v) is 8.68. The second kappa shape index (κ2) is 9.78. The Labute approximate surface area is 130 Å². The molecule has 0 radical (unpaired) electrons. The van der Waals surface area contributed by atoms with Crippen LogP contribution in [0, 0.1) is 11.3 Å². The van der Waals surface area contributed by atoms with E-state index in [0.717, 1.165) is 25.8 Å². The van der Waals surface area contributed by atoms with Crippen LogP contribution >= 0.6 is 0 Å². The summed E-state index contributed by atoms with van der Waals surface area (Å²) in [5.74, 6) is 0.612. The van der Waals surface area contributed by atoms with Gasteiger partial charge >= 0.3 is 0 Å². The van der Waals surface area contributed by atoms with Crippen LogP contribution in [0.3, 0.4) is 0 Å². The first kappa shape index (κ1) is 18.9. The molecule has 1 saturated carbocycles. The summed E-state index contributed by atoms with van der Waals surface area (Å²) in [4.78, 5) is 0. The standard InChI is InChI=1S/C17H35NO3/c1-4-17(5-2,13-19)12-18-10-15(20)11-21-16-9-7-6-8-14(16)3/h14-16,18-20H,4-13H2,1-3H3. The zero-order chi connectivity index (χ0) is 15.7. The van der Waals surface area contributed by atoms with E-state index in [-0.39, 0.29) is 12.0 Å². The van der Waals surface area contributed by atoms with Gasteiger partial charge < -0.3 is 20.3 Å². The molecule has 126 valence electrons. The third-order valence-corrected chi connectivity index (χ3v) is 5.25. The Kier molecular flexibility index (Phi) is 8.79. The molecule has 4 heteroatoms. The first-order valence-electron chi connectivity index (χ1n) is 8.68. The van der Waals surface area contributed by atoms with Gasteiger partial charge in [0.15, 0.2) is 0 Å². The van der Waals surface area contributed by atoms with Gasteiger partial charge in [-0.2, -0.15) is 0 Å². The lowest BCUT2D eigenvalue weighted by atomic mass is 9.83. The molecule has 1 aliphatic rings. The van der Waals surface area contributed by atoms with E-state index in [1.54, 1.807) is 0 Å². The van der Waals surface area contributed by atoms with Crippen LogP contribution in [0.25, 0.3) is 0 Å². The van der Waals surface area contributed by atoms with Gasteiger partial charge in [-0.15, -0.1) is 0 Å². The molecule has 4 nitrogen and oxygen atoms in total. The molecule has 1 aliphatic carbocycles. The summed E-state index contributed by atoms with van der Waals surface area (Å²) in [6, 6.07) is 0. The van der Waals surface area contributed by atoms with E-state index in [1.165, 1.54) is 19.3 Å². The average Bonchev–Trinajstić information content (AvgIpc) is 2.51. The van der Waals surface area contributed by atoms with Crippen LogP contribution in [0.4, 0.5) is 0 Å². The largest absolute Gasteiger partial charge is 0.396 e. The number of aliphatic hydroxyl groups excluding tert-OH is 2. The van der Waals surface area contributed by atoms with Crippen molar-refractivity contribution >= 4 is 0 Å². The Morgan fingerprint density at radius 1 is 1.24 bits per heavy atom. The van der Waals surface area contributed by atoms with Crippen molar-refractivity contribution in [1.29, 1.82) is 0 Å². The molecular weight excluding hydrogens is 266 g/mol. The number of nitrogens with one attached hydrogen (secondary N) is 1. The molecule has 0 saturated heterocycles. The molecule has 3 N–H and O–H groups in total. The highest BCUT2D eigenvalue weighted by Gasteiger charge is 2.25. The predicted octanol–water partition coefficient (Wildman–Crippen LogP) is 2.33. The maximum absolute atomic E-state index is 10.0. The van der Waals surface area contributed by atoms with E-state index in [4.69, 9.17) is 4.74 Å². The van der Waals surface area contributed by atoms with Crippen molar-refractivity contribution in [2.24, 2.45) is 11.3 Å². The van der Waals surface area contributed by atoms with E-state index < -0.39 is 6.10 Å². The van der Waals surface area contributed by atoms with Crippen molar-refractivity contribution < 1.29 is 14.9 Å². The molecule has 0 aromatic heterocycles. The number of aliphatic hydroxyl groups is 2. The Bertz CT molecular complexity index is 260. The molecule has 21 heavy (non-hydrogen) atoms. The minimum absolute atomic E-state index is 0.0571. The van der Waals surface area contributed by atoms with Crippen LogP contribution in [0.15, 0.2) is 0 Å². The lowest BCUT2D eigenvalue weighted by molar-refractivity contribution is -0.0458. The minimum atomic E-state index is -0.468. The molecular formula is C17H35NO3. The summed E-state index contributed by atoms with van der Waals surface area (Å²) in [6.45, 7) is 8.32. The van der Waals surface area contributed by atoms with E-state index in [9.17, 15) is 10.2 Å². The highest BCUT2D eigenvalue weighted by Crippen LogP contribution is 2.26. The summed E-state index contributed by atoms with van der Waals surface area (Å²) in [7, 11) is 0. The minimum Gasteiger partial charge on any atom is -0.396 e. The van der Waals surface area contributed by atoms with Gasteiger partial charge in [-0.05, 0) is 31.6 Å². The molecule has 0 amide bonds. The lowest BCUT2D eigenvalue weighted by Crippen LogP contribution is -2.41. The van der Waals surface area contributed by atoms with Crippen LogP contribution in [0.2, 0.25) is 0 Å². The van der Waals surface area contributed by atoms with Crippen LogP contribution in [-0.4, -0.2) is 48.7 Å². The van der Waals surface area contributed by atoms with Crippen LogP contribution in [-0.2, 0) is 4.74 Å². The smallest absolute Gasteiger partial charge is 0.0897 e. The Hall–Kier alpha value is -0.160. The summed E-state index contributed by atoms with van der Waals surface area (Å²) in [5.41, 5.74) is -0.0571. The van der Waals surface area contributed by atoms with Crippen LogP contribution in [0.5, 0.6) is 0 Å². The van der Waals surface area contributed by atoms with Crippen molar-refractivity contribution in [3.8, 4) is 0 Å². The maximum Gasteiger partial charge on any atom is 0.0897 e. The monoisotopic (exact) mass is 301 g/mol. The van der Waals surface area contributed by atoms with Crippen LogP contribution in [0.1, 0.15) is 59.3 Å². The van der Waals surface area contributed by atoms with Crippen molar-refractivity contribution in [2.45, 2.75) is 71.5 Å². The normalized spacial score (nSPS) is 25.0. The molecule has 3 atom stereocenters. The predicted molar refractivity (Wildman–Crippen MR) is 86.3 cm³/mol. The fraction of sp³-hybridized carbons (Fsp3) is 1.00. The zero-order valence-corrected chi connectivity index (χ0v) is 14.1. The number of rotatable bonds is 10. The summed E-state index contributed by atoms with van der Waals surface area (Å²) in [5, 5.41) is 22.8. The van der Waals surface area contributed by atoms with Gasteiger partial charge in [-0.25, -0.2) is 0 Å². The molecule has 3 unspecified atom stereocenters. The first-order chi connectivity index (χ1) is 10.1. The van der Waals surface area contributed by atoms with Gasteiger partial charge in [0, 0.05) is 25.1 Å². The van der Waals surface area contributed by atoms with Gasteiger partial charge in [-0.1, -0.05) is 33.6 Å². The third-order valence-electron chi connectivity index (χ3n) is 5.25. The molecule has 0 aromatic carbocycles. The Morgan fingerprint density at radius 3 is 2.48 bits per heavy atom. The van der Waals surface area contributed by atoms with E-state index in [0.29, 0.717) is 25.2 Å². The van der Waals surface area contributed by atoms with E-state index >= 15 is 0 Å². The quantitative estimate of drug-likeness (QED) is 0.579. The average molecular weight is 301 g/mol. The lowest BCUT2D eigenvalue weighted by Gasteiger charge is -2.31. The van der Waals surface area contributed by atoms with Crippen molar-refractivity contribution in [3.05, 3.63) is 0 Å². The van der Waals surface area contributed by atoms with E-state index in [1.807, 2.05) is 0 Å². The SMILES string of the molecule is CCC(CC)(CO)CNCC(O)COC1CCCCC1C. The number of hydrogen-bond donors (Lipinski definition) is 3. The zero-order valence-electron chi connectivity index (χ0n) is 14.1. The Balaban J connectivity index is 2.20. The number of hydrogen-bond acceptors (Lipinski definition) is 4. The fourth-order valence-electron chi connectivity index (χ4n) is 3.11. The molecule has 0 spiro atoms. The summed E-state index contributed by atoms with van der Waals surface area (Å²) >= 11 is 0. The second-order valence-electron chi connectivity index (χ2n) is 6.78. The number of ether oxygens (including phenoxy) is 1. The van der Waals surface area contributed by atoms with Gasteiger partial charge in [0.2, 0.25) is 0 Å². The summed E-state index contributed by atoms with van der Waals surface area (Å²) in [6.07, 6.45) is 6.65. The molecule has 1 fully saturated rings. The van der Waals surface area contributed by atoms with Gasteiger partial charge in [0.1, 0.15) is 0 Å². The molecule has 1 rings (SSSR count). The van der Waals surface area contributed by atoms with Crippen molar-refractivity contribution in [2.75, 3.05) is 26.3 Å². The topological polar surface area (TPSA) is 61.7 Å². The highest BCUT2D eigenvalue weighted by atomic mass is 16.5. The Morgan fingerprint density at radius 2 is 1.90 bits per heavy atom. The molecule has 0 aliphatic heterocycles. The second-order valence-corrected chi connectivity index (χ2v) is 6.78. The maximum atomic E-state index is 10.0. The molecule has 0 heterocycles. The third kappa shape index (κ3) is 6.23. The van der Waals surface area contributed by atoms with E-state index in [2.05, 4.69) is 26.1 Å². The van der Waals surface area contributed by atoms with Gasteiger partial charge in [0.05, 0.1) is 18.8 Å². The van der Waals surface area contributed by atoms with Gasteiger partial charge in [0.25, 0.3) is 0 Å². The fourth-order valence-corrected chi connectivity index (χ4v) is 3.11. The van der Waals surface area contributed by atoms with Crippen LogP contribution < -0.4 is 5.32 Å². The molecule has 0 bridgehead atoms. The van der Waals surface area contributed by atoms with Crippen molar-refractivity contribution in [3.63, 3.8) is 0 Å². The van der Waals surface area contributed by atoms with Gasteiger partial charge in [-0.3, -0.25) is 0 Å². The molecule has 0 aromatic rings. The van der Waals surface area contributed by atoms with Crippen molar-refractivity contribution in [1.82, 2.24) is 5.32 Å². The highest BCUT2D eigenvalue weighted by molar-refractivity contribution is 4.79. The summed E-state index contributed by atoms with van der Waals surface area (Å²) < 4.78 is 5.88.